The molecule has 1 amide bonds. The van der Waals surface area contributed by atoms with Crippen molar-refractivity contribution in [2.24, 2.45) is 0 Å². The van der Waals surface area contributed by atoms with E-state index in [-0.39, 0.29) is 12.4 Å². The van der Waals surface area contributed by atoms with Crippen LogP contribution in [0, 0.1) is 6.92 Å². The number of ether oxygens (including phenoxy) is 1. The van der Waals surface area contributed by atoms with Crippen LogP contribution in [0.5, 0.6) is 0 Å². The van der Waals surface area contributed by atoms with Crippen LogP contribution in [0.15, 0.2) is 34.9 Å². The molecule has 6 nitrogen and oxygen atoms in total. The molecule has 0 unspecified atom stereocenters. The van der Waals surface area contributed by atoms with Gasteiger partial charge >= 0.3 is 5.97 Å². The molecule has 1 atom stereocenters. The molecule has 6 heteroatoms. The third kappa shape index (κ3) is 4.67. The van der Waals surface area contributed by atoms with Crippen LogP contribution in [0.2, 0.25) is 0 Å². The van der Waals surface area contributed by atoms with Crippen LogP contribution in [0.1, 0.15) is 48.0 Å². The van der Waals surface area contributed by atoms with Crippen molar-refractivity contribution in [3.63, 3.8) is 0 Å². The van der Waals surface area contributed by atoms with E-state index < -0.39 is 11.9 Å². The fourth-order valence-electron chi connectivity index (χ4n) is 1.99. The zero-order valence-corrected chi connectivity index (χ0v) is 13.5. The predicted molar refractivity (Wildman–Crippen MR) is 85.3 cm³/mol. The molecule has 0 saturated carbocycles. The maximum Gasteiger partial charge on any atom is 0.377 e. The first-order valence-corrected chi connectivity index (χ1v) is 7.50. The van der Waals surface area contributed by atoms with Crippen molar-refractivity contribution >= 4 is 17.6 Å². The second kappa shape index (κ2) is 7.58. The molecule has 0 radical (unpaired) electrons. The van der Waals surface area contributed by atoms with Gasteiger partial charge in [0.1, 0.15) is 0 Å². The lowest BCUT2D eigenvalue weighted by Gasteiger charge is -2.10. The summed E-state index contributed by atoms with van der Waals surface area (Å²) in [5.41, 5.74) is 2.45. The van der Waals surface area contributed by atoms with Crippen molar-refractivity contribution in [2.75, 3.05) is 11.9 Å². The van der Waals surface area contributed by atoms with Crippen LogP contribution in [0.3, 0.4) is 0 Å². The Morgan fingerprint density at radius 1 is 1.30 bits per heavy atom. The van der Waals surface area contributed by atoms with Gasteiger partial charge in [0.2, 0.25) is 5.76 Å². The summed E-state index contributed by atoms with van der Waals surface area (Å²) in [6.45, 7) is 5.59. The SMILES string of the molecule is CC[C@@H](C)c1ccc(NC(=O)COC(=O)c2cc(C)no2)cc1. The smallest absolute Gasteiger partial charge is 0.377 e. The monoisotopic (exact) mass is 316 g/mol. The second-order valence-electron chi connectivity index (χ2n) is 5.39. The molecular formula is C17H20N2O4. The zero-order valence-electron chi connectivity index (χ0n) is 13.5. The highest BCUT2D eigenvalue weighted by atomic mass is 16.6. The van der Waals surface area contributed by atoms with E-state index in [0.29, 0.717) is 17.3 Å². The van der Waals surface area contributed by atoms with Crippen LogP contribution < -0.4 is 5.32 Å². The van der Waals surface area contributed by atoms with Crippen LogP contribution in [-0.2, 0) is 9.53 Å². The maximum absolute atomic E-state index is 11.8. The van der Waals surface area contributed by atoms with E-state index >= 15 is 0 Å². The van der Waals surface area contributed by atoms with Crippen LogP contribution in [0.25, 0.3) is 0 Å². The predicted octanol–water partition coefficient (Wildman–Crippen LogP) is 3.29. The quantitative estimate of drug-likeness (QED) is 0.827. The molecule has 0 aliphatic carbocycles. The van der Waals surface area contributed by atoms with Gasteiger partial charge in [0, 0.05) is 11.8 Å². The lowest BCUT2D eigenvalue weighted by molar-refractivity contribution is -0.119. The van der Waals surface area contributed by atoms with E-state index in [1.807, 2.05) is 24.3 Å². The largest absolute Gasteiger partial charge is 0.450 e. The van der Waals surface area contributed by atoms with Gasteiger partial charge in [-0.3, -0.25) is 4.79 Å². The van der Waals surface area contributed by atoms with Gasteiger partial charge in [0.05, 0.1) is 5.69 Å². The number of anilines is 1. The Balaban J connectivity index is 1.83. The first kappa shape index (κ1) is 16.7. The fraction of sp³-hybridized carbons (Fsp3) is 0.353. The third-order valence-corrected chi connectivity index (χ3v) is 3.54. The Morgan fingerprint density at radius 2 is 2.00 bits per heavy atom. The van der Waals surface area contributed by atoms with E-state index in [2.05, 4.69) is 24.3 Å². The first-order valence-electron chi connectivity index (χ1n) is 7.50. The fourth-order valence-corrected chi connectivity index (χ4v) is 1.99. The molecule has 23 heavy (non-hydrogen) atoms. The van der Waals surface area contributed by atoms with E-state index in [1.165, 1.54) is 11.6 Å². The number of benzene rings is 1. The lowest BCUT2D eigenvalue weighted by Crippen LogP contribution is -2.20. The van der Waals surface area contributed by atoms with Crippen molar-refractivity contribution in [1.82, 2.24) is 5.16 Å². The molecular weight excluding hydrogens is 296 g/mol. The summed E-state index contributed by atoms with van der Waals surface area (Å²) in [6, 6.07) is 9.08. The van der Waals surface area contributed by atoms with E-state index in [1.54, 1.807) is 6.92 Å². The second-order valence-corrected chi connectivity index (χ2v) is 5.39. The van der Waals surface area contributed by atoms with Gasteiger partial charge in [-0.2, -0.15) is 0 Å². The van der Waals surface area contributed by atoms with Gasteiger partial charge in [0.15, 0.2) is 6.61 Å². The van der Waals surface area contributed by atoms with E-state index in [9.17, 15) is 9.59 Å². The highest BCUT2D eigenvalue weighted by Gasteiger charge is 2.15. The third-order valence-electron chi connectivity index (χ3n) is 3.54. The summed E-state index contributed by atoms with van der Waals surface area (Å²) >= 11 is 0. The summed E-state index contributed by atoms with van der Waals surface area (Å²) in [7, 11) is 0. The van der Waals surface area contributed by atoms with Crippen LogP contribution >= 0.6 is 0 Å². The van der Waals surface area contributed by atoms with E-state index in [0.717, 1.165) is 6.42 Å². The minimum Gasteiger partial charge on any atom is -0.450 e. The summed E-state index contributed by atoms with van der Waals surface area (Å²) in [4.78, 5) is 23.4. The van der Waals surface area contributed by atoms with Crippen molar-refractivity contribution < 1.29 is 18.8 Å². The molecule has 1 aromatic heterocycles. The van der Waals surface area contributed by atoms with Gasteiger partial charge in [-0.1, -0.05) is 31.1 Å². The number of aromatic nitrogens is 1. The Bertz CT molecular complexity index is 676. The molecule has 0 aliphatic heterocycles. The van der Waals surface area contributed by atoms with Crippen LogP contribution in [0.4, 0.5) is 5.69 Å². The standard InChI is InChI=1S/C17H20N2O4/c1-4-11(2)13-5-7-14(8-6-13)18-16(20)10-22-17(21)15-9-12(3)19-23-15/h5-9,11H,4,10H2,1-3H3,(H,18,20)/t11-/m1/s1. The Kier molecular flexibility index (Phi) is 5.51. The number of carbonyl (C=O) groups is 2. The number of hydrogen-bond acceptors (Lipinski definition) is 5. The summed E-state index contributed by atoms with van der Waals surface area (Å²) in [6.07, 6.45) is 1.06. The lowest BCUT2D eigenvalue weighted by atomic mass is 9.99. The number of hydrogen-bond donors (Lipinski definition) is 1. The first-order chi connectivity index (χ1) is 11.0. The molecule has 122 valence electrons. The van der Waals surface area contributed by atoms with Crippen molar-refractivity contribution in [3.05, 3.63) is 47.3 Å². The molecule has 0 bridgehead atoms. The molecule has 1 aromatic carbocycles. The molecule has 2 rings (SSSR count). The minimum absolute atomic E-state index is 0.0202. The molecule has 0 saturated heterocycles. The number of nitrogens with one attached hydrogen (secondary N) is 1. The average molecular weight is 316 g/mol. The topological polar surface area (TPSA) is 81.4 Å². The van der Waals surface area contributed by atoms with Crippen molar-refractivity contribution in [3.8, 4) is 0 Å². The maximum atomic E-state index is 11.8. The number of rotatable bonds is 6. The Hall–Kier alpha value is -2.63. The van der Waals surface area contributed by atoms with Crippen molar-refractivity contribution in [1.29, 1.82) is 0 Å². The summed E-state index contributed by atoms with van der Waals surface area (Å²) in [5, 5.41) is 6.26. The highest BCUT2D eigenvalue weighted by Crippen LogP contribution is 2.20. The van der Waals surface area contributed by atoms with Crippen molar-refractivity contribution in [2.45, 2.75) is 33.1 Å². The number of aryl methyl sites for hydroxylation is 1. The minimum atomic E-state index is -0.715. The van der Waals surface area contributed by atoms with Crippen LogP contribution in [-0.4, -0.2) is 23.6 Å². The van der Waals surface area contributed by atoms with Gasteiger partial charge in [-0.05, 0) is 37.0 Å². The van der Waals surface area contributed by atoms with Gasteiger partial charge < -0.3 is 14.6 Å². The van der Waals surface area contributed by atoms with Gasteiger partial charge in [-0.15, -0.1) is 0 Å². The Labute approximate surface area is 134 Å². The van der Waals surface area contributed by atoms with Gasteiger partial charge in [0.25, 0.3) is 5.91 Å². The number of amides is 1. The number of esters is 1. The summed E-state index contributed by atoms with van der Waals surface area (Å²) in [5.74, 6) is -0.668. The molecule has 0 fully saturated rings. The molecule has 1 N–H and O–H groups in total. The Morgan fingerprint density at radius 3 is 2.57 bits per heavy atom. The number of nitrogens with zero attached hydrogens (tertiary/aromatic N) is 1. The molecule has 0 aliphatic rings. The molecule has 1 heterocycles. The summed E-state index contributed by atoms with van der Waals surface area (Å²) < 4.78 is 9.64. The highest BCUT2D eigenvalue weighted by molar-refractivity contribution is 5.94. The van der Waals surface area contributed by atoms with Gasteiger partial charge in [-0.25, -0.2) is 4.79 Å². The zero-order chi connectivity index (χ0) is 16.8. The normalized spacial score (nSPS) is 11.8. The number of carbonyl (C=O) groups excluding carboxylic acids is 2. The van der Waals surface area contributed by atoms with E-state index in [4.69, 9.17) is 9.26 Å². The average Bonchev–Trinajstić information content (AvgIpc) is 2.99. The molecule has 0 spiro atoms. The molecule has 2 aromatic rings.